The Morgan fingerprint density at radius 2 is 1.33 bits per heavy atom. The maximum atomic E-state index is 12.8. The number of hydrazone groups is 1. The summed E-state index contributed by atoms with van der Waals surface area (Å²) in [5.41, 5.74) is 13.8. The molecule has 4 heterocycles. The first-order valence-electron chi connectivity index (χ1n) is 35.0. The monoisotopic (exact) mass is 1690 g/mol. The van der Waals surface area contributed by atoms with Crippen LogP contribution in [0, 0.1) is 61.7 Å². The fraction of sp³-hybridized carbons (Fsp3) is 0.333. The lowest BCUT2D eigenvalue weighted by atomic mass is 9.81. The summed E-state index contributed by atoms with van der Waals surface area (Å²) in [6.07, 6.45) is 6.94. The number of aromatic nitrogens is 5. The zero-order chi connectivity index (χ0) is 79.8. The second-order valence-electron chi connectivity index (χ2n) is 27.5. The number of para-hydroxylation sites is 2. The Balaban J connectivity index is 0.000000166. The Kier molecular flexibility index (Phi) is 31.3. The van der Waals surface area contributed by atoms with E-state index in [1.165, 1.54) is 34.2 Å². The summed E-state index contributed by atoms with van der Waals surface area (Å²) >= 11 is 61.2. The molecule has 4 N–H and O–H groups in total. The van der Waals surface area contributed by atoms with Gasteiger partial charge in [-0.05, 0) is 162 Å². The normalized spacial score (nSPS) is 16.2. The number of carbonyl (C=O) groups excluding carboxylic acids is 4. The largest absolute Gasteiger partial charge is 0.457 e. The molecule has 13 rings (SSSR count). The first-order valence-corrected chi connectivity index (χ1v) is 39.6. The highest BCUT2D eigenvalue weighted by Gasteiger charge is 2.76. The van der Waals surface area contributed by atoms with Crippen LogP contribution in [0.3, 0.4) is 0 Å². The Hall–Kier alpha value is -7.48. The molecule has 1 aliphatic heterocycles. The molecule has 5 atom stereocenters. The quantitative estimate of drug-likeness (QED) is 0.0200. The third kappa shape index (κ3) is 22.2. The molecule has 2 aliphatic carbocycles. The molecular formula is C81H84Cl10N12O5S. The number of esters is 1. The molecule has 574 valence electrons. The standard InChI is InChI=1S/C19H21ClN2O.C15H18Cl3NO.C15H18Cl2N2O.C15H18N4.C9H7N3S.C8H2Cl4O2/c20-16-12-10-15(11-13-16)14-22(18-8-4-5-9-18)19(23)21-17-6-2-1-3-7-17;1-4-14(10(3)15(14,17)18)13(20)19-9(2)11-5-7-12(16)8-6-11;1-9(11-6-5-10(16)7-13(11)17)19-14(20)12(8-18)15(2,3)4;1-10-7-5-6-8-14(10)13(4)18-19-15-16-11(2)9-12(3)17-15;1-6-3-2-4-7-8(6)12-5-10-11-9(12)13-7;9-4-2-1-14-8(13)3(2)5(10)7(12)6(4)11/h1-3,6-7,10-13,18H,4-5,8-9,14H2,(H,21,23);5-10H,4H2,1-3H3,(H,19,20);5-7,9,12H,1-4H3,(H,19,20);5-9H,1-4H3,(H,16,17,19);2-5H,1H3;1H2/b;;;18-13-;;. The summed E-state index contributed by atoms with van der Waals surface area (Å²) in [5, 5.41) is 33.2. The molecule has 17 nitrogen and oxygen atoms in total. The maximum Gasteiger partial charge on any atom is 0.340 e. The number of benzene rings is 7. The van der Waals surface area contributed by atoms with Crippen molar-refractivity contribution in [1.82, 2.24) is 40.1 Å². The summed E-state index contributed by atoms with van der Waals surface area (Å²) in [7, 11) is 0. The second kappa shape index (κ2) is 39.1. The average Bonchev–Trinajstić information content (AvgIpc) is 1.52. The number of ether oxygens (including phenoxy) is 1. The van der Waals surface area contributed by atoms with E-state index in [4.69, 9.17) is 126 Å². The fourth-order valence-electron chi connectivity index (χ4n) is 12.6. The van der Waals surface area contributed by atoms with E-state index < -0.39 is 27.1 Å². The first kappa shape index (κ1) is 87.1. The predicted molar refractivity (Wildman–Crippen MR) is 448 cm³/mol. The van der Waals surface area contributed by atoms with Crippen molar-refractivity contribution in [3.8, 4) is 6.07 Å². The average molecular weight is 1690 g/mol. The highest BCUT2D eigenvalue weighted by Crippen LogP contribution is 2.71. The molecule has 3 aliphatic rings. The lowest BCUT2D eigenvalue weighted by molar-refractivity contribution is -0.128. The number of hydrogen-bond acceptors (Lipinski definition) is 13. The smallest absolute Gasteiger partial charge is 0.340 e. The number of nitrogens with zero attached hydrogens (tertiary/aromatic N) is 8. The van der Waals surface area contributed by atoms with E-state index in [0.717, 1.165) is 67.9 Å². The van der Waals surface area contributed by atoms with Gasteiger partial charge in [0.05, 0.1) is 65.2 Å². The number of anilines is 2. The highest BCUT2D eigenvalue weighted by molar-refractivity contribution is 7.23. The van der Waals surface area contributed by atoms with Gasteiger partial charge in [-0.1, -0.05) is 237 Å². The number of urea groups is 1. The molecule has 10 aromatic rings. The summed E-state index contributed by atoms with van der Waals surface area (Å²) in [5.74, 6) is -1.12. The van der Waals surface area contributed by atoms with E-state index in [9.17, 15) is 19.2 Å². The minimum atomic E-state index is -0.967. The summed E-state index contributed by atoms with van der Waals surface area (Å²) in [6.45, 7) is 23.9. The van der Waals surface area contributed by atoms with E-state index in [1.807, 2.05) is 176 Å². The van der Waals surface area contributed by atoms with Crippen LogP contribution in [0.5, 0.6) is 0 Å². The molecule has 3 aromatic heterocycles. The Morgan fingerprint density at radius 1 is 0.743 bits per heavy atom. The van der Waals surface area contributed by atoms with Crippen molar-refractivity contribution in [1.29, 1.82) is 5.26 Å². The third-order valence-corrected chi connectivity index (χ3v) is 24.0. The number of cyclic esters (lactones) is 1. The van der Waals surface area contributed by atoms with Crippen LogP contribution < -0.4 is 21.4 Å². The number of aryl methyl sites for hydroxylation is 4. The van der Waals surface area contributed by atoms with Crippen molar-refractivity contribution < 1.29 is 23.9 Å². The zero-order valence-corrected chi connectivity index (χ0v) is 70.5. The van der Waals surface area contributed by atoms with Crippen LogP contribution in [-0.4, -0.2) is 69.4 Å². The Morgan fingerprint density at radius 3 is 1.92 bits per heavy atom. The highest BCUT2D eigenvalue weighted by atomic mass is 35.5. The van der Waals surface area contributed by atoms with Crippen molar-refractivity contribution >= 4 is 184 Å². The number of amides is 4. The van der Waals surface area contributed by atoms with Gasteiger partial charge in [0.15, 0.2) is 0 Å². The van der Waals surface area contributed by atoms with Crippen LogP contribution in [0.15, 0.2) is 157 Å². The minimum absolute atomic E-state index is 0.0296. The number of carbonyl (C=O) groups is 4. The number of fused-ring (bicyclic) bond motifs is 4. The van der Waals surface area contributed by atoms with E-state index in [1.54, 1.807) is 35.9 Å². The number of thiazole rings is 1. The number of nitrogens with one attached hydrogen (secondary N) is 4. The van der Waals surface area contributed by atoms with E-state index in [0.29, 0.717) is 45.6 Å². The van der Waals surface area contributed by atoms with E-state index in [2.05, 4.69) is 96.9 Å². The minimum Gasteiger partial charge on any atom is -0.457 e. The van der Waals surface area contributed by atoms with E-state index >= 15 is 0 Å². The molecule has 2 saturated carbocycles. The molecule has 28 heteroatoms. The van der Waals surface area contributed by atoms with Gasteiger partial charge in [0.1, 0.15) is 23.2 Å². The summed E-state index contributed by atoms with van der Waals surface area (Å²) in [4.78, 5) is 60.2. The van der Waals surface area contributed by atoms with Crippen molar-refractivity contribution in [3.63, 3.8) is 0 Å². The summed E-state index contributed by atoms with van der Waals surface area (Å²) < 4.78 is 7.11. The van der Waals surface area contributed by atoms with Crippen molar-refractivity contribution in [2.24, 2.45) is 27.8 Å². The van der Waals surface area contributed by atoms with Crippen LogP contribution in [0.25, 0.3) is 15.2 Å². The van der Waals surface area contributed by atoms with E-state index in [-0.39, 0.29) is 68.1 Å². The molecular weight excluding hydrogens is 1610 g/mol. The molecule has 109 heavy (non-hydrogen) atoms. The van der Waals surface area contributed by atoms with Crippen LogP contribution in [0.4, 0.5) is 16.4 Å². The van der Waals surface area contributed by atoms with Gasteiger partial charge in [0.2, 0.25) is 22.7 Å². The second-order valence-corrected chi connectivity index (χ2v) is 33.1. The molecule has 0 bridgehead atoms. The van der Waals surface area contributed by atoms with Gasteiger partial charge < -0.3 is 25.6 Å². The molecule has 4 amide bonds. The van der Waals surface area contributed by atoms with Crippen LogP contribution in [0.2, 0.25) is 40.2 Å². The van der Waals surface area contributed by atoms with Crippen molar-refractivity contribution in [2.75, 3.05) is 10.7 Å². The number of alkyl halides is 2. The topological polar surface area (TPSA) is 221 Å². The van der Waals surface area contributed by atoms with Gasteiger partial charge in [0.25, 0.3) is 0 Å². The van der Waals surface area contributed by atoms with Crippen LogP contribution >= 0.6 is 127 Å². The maximum absolute atomic E-state index is 12.8. The van der Waals surface area contributed by atoms with Gasteiger partial charge >= 0.3 is 12.0 Å². The third-order valence-electron chi connectivity index (χ3n) is 18.8. The molecule has 2 fully saturated rings. The Bertz CT molecular complexity index is 4910. The number of hydrogen-bond donors (Lipinski definition) is 4. The fourth-order valence-corrected chi connectivity index (χ4v) is 16.5. The van der Waals surface area contributed by atoms with Crippen molar-refractivity contribution in [3.05, 3.63) is 248 Å². The number of rotatable bonds is 14. The van der Waals surface area contributed by atoms with Gasteiger partial charge in [-0.2, -0.15) is 10.4 Å². The van der Waals surface area contributed by atoms with Gasteiger partial charge in [-0.25, -0.2) is 25.0 Å². The van der Waals surface area contributed by atoms with Crippen molar-refractivity contribution in [2.45, 2.75) is 151 Å². The molecule has 0 saturated heterocycles. The molecule has 5 unspecified atom stereocenters. The number of halogens is 10. The summed E-state index contributed by atoms with van der Waals surface area (Å²) in [6, 6.07) is 48.2. The molecule has 0 radical (unpaired) electrons. The van der Waals surface area contributed by atoms with Crippen LogP contribution in [-0.2, 0) is 27.5 Å². The molecule has 7 aromatic carbocycles. The number of nitriles is 1. The zero-order valence-electron chi connectivity index (χ0n) is 62.1. The Labute approximate surface area is 690 Å². The molecule has 0 spiro atoms. The lowest BCUT2D eigenvalue weighted by Gasteiger charge is -2.29. The van der Waals surface area contributed by atoms with Gasteiger partial charge in [0, 0.05) is 66.8 Å². The van der Waals surface area contributed by atoms with Gasteiger partial charge in [-0.15, -0.1) is 33.4 Å². The predicted octanol–water partition coefficient (Wildman–Crippen LogP) is 23.9. The lowest BCUT2D eigenvalue weighted by Crippen LogP contribution is -2.41. The SMILES string of the molecule is C/C(=N/Nc1nc(C)cc(C)n1)c1ccccc1C.CC(NC(=O)C(C#N)C(C)(C)C)c1ccc(Cl)cc1Cl.CCC1(C(=O)NC(C)c2ccc(Cl)cc2)C(C)C1(Cl)Cl.Cc1cccc2sc3nncn3c12.O=C(Nc1ccccc1)N(Cc1ccc(Cl)cc1)C1CCCC1.O=C1OCc2c(Cl)c(Cl)c(Cl)c(Cl)c21. The van der Waals surface area contributed by atoms with Crippen LogP contribution in [0.1, 0.15) is 160 Å². The first-order chi connectivity index (χ1) is 51.6. The van der Waals surface area contributed by atoms with Gasteiger partial charge in [-0.3, -0.25) is 14.0 Å².